The predicted octanol–water partition coefficient (Wildman–Crippen LogP) is 5.06. The van der Waals surface area contributed by atoms with E-state index in [1.54, 1.807) is 59.9 Å². The van der Waals surface area contributed by atoms with Crippen molar-refractivity contribution >= 4 is 17.9 Å². The lowest BCUT2D eigenvalue weighted by molar-refractivity contribution is 0.0430. The maximum Gasteiger partial charge on any atom is 0.424 e. The summed E-state index contributed by atoms with van der Waals surface area (Å²) in [5, 5.41) is 6.81. The van der Waals surface area contributed by atoms with Gasteiger partial charge in [-0.25, -0.2) is 9.59 Å². The molecule has 0 radical (unpaired) electrons. The normalized spacial score (nSPS) is 11.8. The number of hydrogen-bond acceptors (Lipinski definition) is 5. The molecule has 0 fully saturated rings. The van der Waals surface area contributed by atoms with Crippen LogP contribution in [0.2, 0.25) is 0 Å². The number of amides is 2. The van der Waals surface area contributed by atoms with E-state index in [0.717, 1.165) is 21.7 Å². The molecule has 0 bridgehead atoms. The van der Waals surface area contributed by atoms with Gasteiger partial charge in [-0.3, -0.25) is 5.10 Å². The first-order valence-electron chi connectivity index (χ1n) is 8.74. The molecule has 1 aromatic carbocycles. The lowest BCUT2D eigenvalue weighted by atomic mass is 10.1. The van der Waals surface area contributed by atoms with E-state index in [4.69, 9.17) is 9.47 Å². The third-order valence-corrected chi connectivity index (χ3v) is 3.41. The number of hydrogen-bond donors (Lipinski definition) is 1. The zero-order valence-electron chi connectivity index (χ0n) is 16.9. The summed E-state index contributed by atoms with van der Waals surface area (Å²) in [5.74, 6) is 0. The Labute approximate surface area is 159 Å². The molecule has 0 saturated heterocycles. The average Bonchev–Trinajstić information content (AvgIpc) is 2.99. The number of anilines is 1. The van der Waals surface area contributed by atoms with E-state index in [0.29, 0.717) is 5.69 Å². The van der Waals surface area contributed by atoms with Crippen LogP contribution in [0.1, 0.15) is 47.1 Å². The molecule has 1 aromatic heterocycles. The molecule has 0 atom stereocenters. The molecule has 0 aliphatic carbocycles. The molecule has 0 aliphatic heterocycles. The van der Waals surface area contributed by atoms with Gasteiger partial charge in [-0.1, -0.05) is 12.1 Å². The number of aromatic amines is 1. The number of imide groups is 1. The molecule has 27 heavy (non-hydrogen) atoms. The summed E-state index contributed by atoms with van der Waals surface area (Å²) >= 11 is 0. The van der Waals surface area contributed by atoms with Crippen molar-refractivity contribution in [2.24, 2.45) is 0 Å². The first-order valence-corrected chi connectivity index (χ1v) is 8.74. The number of benzene rings is 1. The fourth-order valence-electron chi connectivity index (χ4n) is 2.32. The van der Waals surface area contributed by atoms with Gasteiger partial charge in [0.25, 0.3) is 0 Å². The van der Waals surface area contributed by atoms with Gasteiger partial charge in [-0.15, -0.1) is 0 Å². The Morgan fingerprint density at radius 1 is 0.963 bits per heavy atom. The monoisotopic (exact) mass is 373 g/mol. The van der Waals surface area contributed by atoms with Crippen molar-refractivity contribution in [3.63, 3.8) is 0 Å². The SMILES string of the molecule is Cc1ccc(-c2ccn[nH]2)cc1N(C(=O)OC(C)(C)C)C(=O)OC(C)(C)C. The second-order valence-electron chi connectivity index (χ2n) is 8.27. The van der Waals surface area contributed by atoms with Crippen LogP contribution in [0.4, 0.5) is 15.3 Å². The van der Waals surface area contributed by atoms with Crippen LogP contribution in [-0.2, 0) is 9.47 Å². The van der Waals surface area contributed by atoms with Gasteiger partial charge in [0.2, 0.25) is 0 Å². The van der Waals surface area contributed by atoms with Crippen molar-refractivity contribution < 1.29 is 19.1 Å². The highest BCUT2D eigenvalue weighted by molar-refractivity contribution is 6.10. The number of aryl methyl sites for hydroxylation is 1. The van der Waals surface area contributed by atoms with Gasteiger partial charge in [-0.05, 0) is 66.2 Å². The number of nitrogens with one attached hydrogen (secondary N) is 1. The van der Waals surface area contributed by atoms with Crippen molar-refractivity contribution in [2.45, 2.75) is 59.7 Å². The summed E-state index contributed by atoms with van der Waals surface area (Å²) in [7, 11) is 0. The zero-order valence-corrected chi connectivity index (χ0v) is 16.9. The van der Waals surface area contributed by atoms with Gasteiger partial charge in [0, 0.05) is 11.8 Å². The molecule has 0 spiro atoms. The minimum absolute atomic E-state index is 0.394. The third-order valence-electron chi connectivity index (χ3n) is 3.41. The molecule has 0 saturated carbocycles. The smallest absolute Gasteiger partial charge is 0.424 e. The van der Waals surface area contributed by atoms with Crippen molar-refractivity contribution in [3.8, 4) is 11.3 Å². The van der Waals surface area contributed by atoms with Crippen molar-refractivity contribution in [2.75, 3.05) is 4.90 Å². The quantitative estimate of drug-likeness (QED) is 0.795. The van der Waals surface area contributed by atoms with Crippen molar-refractivity contribution in [1.82, 2.24) is 10.2 Å². The minimum atomic E-state index is -0.790. The molecule has 1 heterocycles. The lowest BCUT2D eigenvalue weighted by Gasteiger charge is -2.29. The standard InChI is InChI=1S/C20H27N3O4/c1-13-8-9-14(15-10-11-21-22-15)12-16(13)23(17(24)26-19(2,3)4)18(25)27-20(5,6)7/h8-12H,1-7H3,(H,21,22). The number of carbonyl (C=O) groups is 2. The summed E-state index contributed by atoms with van der Waals surface area (Å²) in [5.41, 5.74) is 1.16. The third kappa shape index (κ3) is 5.57. The van der Waals surface area contributed by atoms with Crippen LogP contribution in [0.25, 0.3) is 11.3 Å². The number of aromatic nitrogens is 2. The molecule has 0 aliphatic rings. The van der Waals surface area contributed by atoms with Gasteiger partial charge >= 0.3 is 12.2 Å². The number of H-pyrrole nitrogens is 1. The van der Waals surface area contributed by atoms with Crippen molar-refractivity contribution in [1.29, 1.82) is 0 Å². The summed E-state index contributed by atoms with van der Waals surface area (Å²) in [6.07, 6.45) is 0.0529. The lowest BCUT2D eigenvalue weighted by Crippen LogP contribution is -2.44. The first-order chi connectivity index (χ1) is 12.4. The molecule has 146 valence electrons. The van der Waals surface area contributed by atoms with E-state index >= 15 is 0 Å². The Balaban J connectivity index is 2.51. The zero-order chi connectivity index (χ0) is 20.4. The Bertz CT molecular complexity index is 787. The van der Waals surface area contributed by atoms with Crippen molar-refractivity contribution in [3.05, 3.63) is 36.0 Å². The molecule has 2 aromatic rings. The summed E-state index contributed by atoms with van der Waals surface area (Å²) in [6, 6.07) is 7.25. The second kappa shape index (κ2) is 7.42. The number of nitrogens with zero attached hydrogens (tertiary/aromatic N) is 2. The van der Waals surface area contributed by atoms with E-state index in [2.05, 4.69) is 10.2 Å². The highest BCUT2D eigenvalue weighted by atomic mass is 16.6. The van der Waals surface area contributed by atoms with Gasteiger partial charge in [-0.2, -0.15) is 10.00 Å². The van der Waals surface area contributed by atoms with Crippen LogP contribution < -0.4 is 4.90 Å². The second-order valence-corrected chi connectivity index (χ2v) is 8.27. The molecule has 1 N–H and O–H groups in total. The molecule has 7 nitrogen and oxygen atoms in total. The van der Waals surface area contributed by atoms with Crippen LogP contribution in [0, 0.1) is 6.92 Å². The summed E-state index contributed by atoms with van der Waals surface area (Å²) in [6.45, 7) is 12.3. The van der Waals surface area contributed by atoms with E-state index in [1.807, 2.05) is 19.1 Å². The summed E-state index contributed by atoms with van der Waals surface area (Å²) in [4.78, 5) is 26.6. The number of ether oxygens (including phenoxy) is 2. The largest absolute Gasteiger partial charge is 0.443 e. The fourth-order valence-corrected chi connectivity index (χ4v) is 2.32. The maximum atomic E-state index is 12.8. The minimum Gasteiger partial charge on any atom is -0.443 e. The van der Waals surface area contributed by atoms with Crippen LogP contribution in [0.15, 0.2) is 30.5 Å². The van der Waals surface area contributed by atoms with Crippen LogP contribution in [-0.4, -0.2) is 33.6 Å². The molecule has 0 unspecified atom stereocenters. The summed E-state index contributed by atoms with van der Waals surface area (Å²) < 4.78 is 10.9. The Hall–Kier alpha value is -2.83. The van der Waals surface area contributed by atoms with Gasteiger partial charge in [0.15, 0.2) is 0 Å². The highest BCUT2D eigenvalue weighted by Gasteiger charge is 2.33. The van der Waals surface area contributed by atoms with Gasteiger partial charge in [0.1, 0.15) is 11.2 Å². The molecular formula is C20H27N3O4. The topological polar surface area (TPSA) is 84.5 Å². The Kier molecular flexibility index (Phi) is 5.63. The number of carbonyl (C=O) groups excluding carboxylic acids is 2. The maximum absolute atomic E-state index is 12.8. The fraction of sp³-hybridized carbons (Fsp3) is 0.450. The van der Waals surface area contributed by atoms with E-state index in [9.17, 15) is 9.59 Å². The van der Waals surface area contributed by atoms with E-state index in [-0.39, 0.29) is 0 Å². The molecule has 2 amide bonds. The Morgan fingerprint density at radius 2 is 1.52 bits per heavy atom. The van der Waals surface area contributed by atoms with E-state index in [1.165, 1.54) is 0 Å². The van der Waals surface area contributed by atoms with Crippen LogP contribution in [0.5, 0.6) is 0 Å². The number of rotatable bonds is 2. The van der Waals surface area contributed by atoms with Crippen LogP contribution in [0.3, 0.4) is 0 Å². The van der Waals surface area contributed by atoms with Crippen LogP contribution >= 0.6 is 0 Å². The Morgan fingerprint density at radius 3 is 1.96 bits per heavy atom. The molecular weight excluding hydrogens is 346 g/mol. The first kappa shape index (κ1) is 20.5. The molecule has 7 heteroatoms. The highest BCUT2D eigenvalue weighted by Crippen LogP contribution is 2.29. The van der Waals surface area contributed by atoms with Gasteiger partial charge < -0.3 is 9.47 Å². The van der Waals surface area contributed by atoms with Gasteiger partial charge in [0.05, 0.1) is 11.4 Å². The predicted molar refractivity (Wildman–Crippen MR) is 104 cm³/mol. The average molecular weight is 373 g/mol. The molecule has 2 rings (SSSR count). The van der Waals surface area contributed by atoms with E-state index < -0.39 is 23.4 Å².